The zero-order valence-corrected chi connectivity index (χ0v) is 29.4. The fourth-order valence-electron chi connectivity index (χ4n) is 5.05. The van der Waals surface area contributed by atoms with E-state index in [-0.39, 0.29) is 28.5 Å². The first-order valence-electron chi connectivity index (χ1n) is 14.2. The average Bonchev–Trinajstić information content (AvgIpc) is 3.34. The second kappa shape index (κ2) is 13.7. The van der Waals surface area contributed by atoms with Gasteiger partial charge < -0.3 is 18.4 Å². The summed E-state index contributed by atoms with van der Waals surface area (Å²) in [5.41, 5.74) is 1.19. The summed E-state index contributed by atoms with van der Waals surface area (Å²) < 4.78 is 49.5. The number of methoxy groups -OCH3 is 2. The van der Waals surface area contributed by atoms with Crippen molar-refractivity contribution in [3.05, 3.63) is 117 Å². The lowest BCUT2D eigenvalue weighted by molar-refractivity contribution is -0.385. The van der Waals surface area contributed by atoms with Crippen LogP contribution in [0.4, 0.5) is 5.69 Å². The first-order chi connectivity index (χ1) is 22.8. The van der Waals surface area contributed by atoms with Gasteiger partial charge in [-0.1, -0.05) is 45.5 Å². The van der Waals surface area contributed by atoms with Gasteiger partial charge >= 0.3 is 16.1 Å². The molecule has 13 nitrogen and oxygen atoms in total. The SMILES string of the molecule is CCOC(=O)C1=C(C)N=c2s/c(=C\c3ccc(OS(=O)(=O)c4ccc(C)c([N+](=O)[O-])c4)cc3)c(=O)n2[C@H]1c1cc(OC)c(OC)cc1Br. The van der Waals surface area contributed by atoms with Crippen LogP contribution >= 0.6 is 27.3 Å². The monoisotopic (exact) mass is 757 g/mol. The summed E-state index contributed by atoms with van der Waals surface area (Å²) in [7, 11) is -1.40. The summed E-state index contributed by atoms with van der Waals surface area (Å²) in [4.78, 5) is 42.5. The van der Waals surface area contributed by atoms with Gasteiger partial charge in [0.2, 0.25) is 0 Å². The van der Waals surface area contributed by atoms with Crippen molar-refractivity contribution >= 4 is 55.1 Å². The van der Waals surface area contributed by atoms with Gasteiger partial charge in [0.1, 0.15) is 10.6 Å². The molecular weight excluding hydrogens is 730 g/mol. The van der Waals surface area contributed by atoms with Gasteiger partial charge in [-0.3, -0.25) is 19.5 Å². The highest BCUT2D eigenvalue weighted by molar-refractivity contribution is 9.10. The number of carbonyl (C=O) groups excluding carboxylic acids is 1. The van der Waals surface area contributed by atoms with Gasteiger partial charge in [-0.25, -0.2) is 9.79 Å². The molecule has 2 heterocycles. The van der Waals surface area contributed by atoms with Crippen LogP contribution in [0.1, 0.15) is 36.6 Å². The summed E-state index contributed by atoms with van der Waals surface area (Å²) in [6, 6.07) is 11.9. The second-order valence-corrected chi connectivity index (χ2v) is 13.8. The third kappa shape index (κ3) is 6.63. The number of aromatic nitrogens is 1. The van der Waals surface area contributed by atoms with Crippen LogP contribution in [-0.2, 0) is 19.6 Å². The molecule has 0 bridgehead atoms. The van der Waals surface area contributed by atoms with Gasteiger partial charge in [-0.2, -0.15) is 8.42 Å². The number of ether oxygens (including phenoxy) is 3. The smallest absolute Gasteiger partial charge is 0.339 e. The molecule has 16 heteroatoms. The Labute approximate surface area is 286 Å². The van der Waals surface area contributed by atoms with Crippen LogP contribution in [0.15, 0.2) is 85.0 Å². The number of aryl methyl sites for hydroxylation is 1. The van der Waals surface area contributed by atoms with Gasteiger partial charge in [-0.05, 0) is 68.3 Å². The number of hydrogen-bond acceptors (Lipinski definition) is 12. The minimum absolute atomic E-state index is 0.0372. The molecule has 0 spiro atoms. The summed E-state index contributed by atoms with van der Waals surface area (Å²) in [6.45, 7) is 4.98. The molecule has 0 saturated heterocycles. The number of thiazole rings is 1. The summed E-state index contributed by atoms with van der Waals surface area (Å²) in [6.07, 6.45) is 1.61. The van der Waals surface area contributed by atoms with Crippen LogP contribution in [0.3, 0.4) is 0 Å². The van der Waals surface area contributed by atoms with Crippen LogP contribution in [0.25, 0.3) is 6.08 Å². The lowest BCUT2D eigenvalue weighted by Gasteiger charge is -2.26. The zero-order valence-electron chi connectivity index (χ0n) is 26.2. The topological polar surface area (TPSA) is 166 Å². The van der Waals surface area contributed by atoms with Gasteiger partial charge in [0, 0.05) is 16.1 Å². The van der Waals surface area contributed by atoms with Crippen molar-refractivity contribution in [3.63, 3.8) is 0 Å². The molecule has 1 aliphatic heterocycles. The molecule has 0 radical (unpaired) electrons. The molecule has 1 atom stereocenters. The second-order valence-electron chi connectivity index (χ2n) is 10.3. The highest BCUT2D eigenvalue weighted by atomic mass is 79.9. The number of hydrogen-bond donors (Lipinski definition) is 0. The Kier molecular flexibility index (Phi) is 9.89. The summed E-state index contributed by atoms with van der Waals surface area (Å²) in [5, 5.41) is 11.3. The van der Waals surface area contributed by atoms with Gasteiger partial charge in [-0.15, -0.1) is 0 Å². The third-order valence-corrected chi connectivity index (χ3v) is 10.3. The lowest BCUT2D eigenvalue weighted by Crippen LogP contribution is -2.40. The van der Waals surface area contributed by atoms with E-state index in [4.69, 9.17) is 18.4 Å². The molecule has 48 heavy (non-hydrogen) atoms. The van der Waals surface area contributed by atoms with Crippen LogP contribution in [0.5, 0.6) is 17.2 Å². The molecule has 250 valence electrons. The number of benzene rings is 3. The van der Waals surface area contributed by atoms with Gasteiger partial charge in [0.05, 0.1) is 47.6 Å². The lowest BCUT2D eigenvalue weighted by atomic mass is 9.95. The molecule has 0 saturated carbocycles. The van der Waals surface area contributed by atoms with Crippen LogP contribution < -0.4 is 28.5 Å². The van der Waals surface area contributed by atoms with Crippen LogP contribution in [-0.4, -0.2) is 44.7 Å². The molecule has 4 aromatic rings. The average molecular weight is 759 g/mol. The maximum Gasteiger partial charge on any atom is 0.339 e. The van der Waals surface area contributed by atoms with Crippen LogP contribution in [0, 0.1) is 17.0 Å². The maximum atomic E-state index is 14.0. The quantitative estimate of drug-likeness (QED) is 0.0969. The Morgan fingerprint density at radius 3 is 2.38 bits per heavy atom. The van der Waals surface area contributed by atoms with Crippen molar-refractivity contribution in [3.8, 4) is 17.2 Å². The van der Waals surface area contributed by atoms with E-state index in [2.05, 4.69) is 20.9 Å². The number of nitrogens with zero attached hydrogens (tertiary/aromatic N) is 3. The van der Waals surface area contributed by atoms with Gasteiger partial charge in [0.25, 0.3) is 11.2 Å². The van der Waals surface area contributed by atoms with Crippen molar-refractivity contribution in [2.45, 2.75) is 31.7 Å². The predicted octanol–water partition coefficient (Wildman–Crippen LogP) is 4.56. The normalized spacial score (nSPS) is 14.6. The van der Waals surface area contributed by atoms with E-state index in [0.717, 1.165) is 17.4 Å². The van der Waals surface area contributed by atoms with Crippen molar-refractivity contribution in [1.82, 2.24) is 4.57 Å². The van der Waals surface area contributed by atoms with Crippen molar-refractivity contribution in [1.29, 1.82) is 0 Å². The highest BCUT2D eigenvalue weighted by Crippen LogP contribution is 2.40. The number of halogens is 1. The molecule has 0 N–H and O–H groups in total. The molecular formula is C32H28BrN3O10S2. The molecule has 0 fully saturated rings. The van der Waals surface area contributed by atoms with Crippen molar-refractivity contribution in [2.24, 2.45) is 4.99 Å². The van der Waals surface area contributed by atoms with E-state index in [1.807, 2.05) is 0 Å². The number of allylic oxidation sites excluding steroid dienone is 1. The number of nitro groups is 1. The Hall–Kier alpha value is -4.80. The molecule has 3 aromatic carbocycles. The van der Waals surface area contributed by atoms with E-state index < -0.39 is 32.6 Å². The van der Waals surface area contributed by atoms with Gasteiger partial charge in [0.15, 0.2) is 16.3 Å². The standard InChI is InChI=1S/C32H28BrN3O10S2/c1-6-45-31(38)28-18(3)34-32-35(29(28)22-15-25(43-4)26(44-5)16-23(22)33)30(37)27(47-32)13-19-8-10-20(11-9-19)46-48(41,42)21-12-7-17(2)24(14-21)36(39)40/h7-16,29H,6H2,1-5H3/b27-13-/t29-/m0/s1. The predicted molar refractivity (Wildman–Crippen MR) is 180 cm³/mol. The minimum atomic E-state index is -4.38. The van der Waals surface area contributed by atoms with Crippen molar-refractivity contribution in [2.75, 3.05) is 20.8 Å². The fourth-order valence-corrected chi connectivity index (χ4v) is 7.59. The molecule has 0 aliphatic carbocycles. The van der Waals surface area contributed by atoms with E-state index in [0.29, 0.717) is 47.7 Å². The van der Waals surface area contributed by atoms with Crippen molar-refractivity contribution < 1.29 is 36.5 Å². The molecule has 0 amide bonds. The third-order valence-electron chi connectivity index (χ3n) is 7.36. The Bertz CT molecular complexity index is 2280. The highest BCUT2D eigenvalue weighted by Gasteiger charge is 2.35. The first kappa shape index (κ1) is 34.5. The Morgan fingerprint density at radius 1 is 1.08 bits per heavy atom. The zero-order chi connectivity index (χ0) is 34.9. The number of fused-ring (bicyclic) bond motifs is 1. The van der Waals surface area contributed by atoms with E-state index in [9.17, 15) is 28.1 Å². The number of esters is 1. The number of carbonyl (C=O) groups is 1. The maximum absolute atomic E-state index is 14.0. The molecule has 1 aromatic heterocycles. The molecule has 0 unspecified atom stereocenters. The first-order valence-corrected chi connectivity index (χ1v) is 17.2. The Morgan fingerprint density at radius 2 is 1.75 bits per heavy atom. The largest absolute Gasteiger partial charge is 0.493 e. The van der Waals surface area contributed by atoms with E-state index >= 15 is 0 Å². The molecule has 1 aliphatic rings. The Balaban J connectivity index is 1.55. The van der Waals surface area contributed by atoms with Crippen LogP contribution in [0.2, 0.25) is 0 Å². The van der Waals surface area contributed by atoms with E-state index in [1.165, 1.54) is 50.0 Å². The molecule has 5 rings (SSSR count). The summed E-state index contributed by atoms with van der Waals surface area (Å²) in [5.74, 6) is 0.176. The number of nitro benzene ring substituents is 1. The summed E-state index contributed by atoms with van der Waals surface area (Å²) >= 11 is 4.68. The fraction of sp³-hybridized carbons (Fsp3) is 0.219. The minimum Gasteiger partial charge on any atom is -0.493 e. The van der Waals surface area contributed by atoms with E-state index in [1.54, 1.807) is 44.2 Å². The number of rotatable bonds is 10.